The molecule has 1 saturated carbocycles. The van der Waals surface area contributed by atoms with E-state index in [1.807, 2.05) is 19.9 Å². The van der Waals surface area contributed by atoms with Crippen LogP contribution >= 0.6 is 23.8 Å². The molecule has 2 aliphatic rings. The van der Waals surface area contributed by atoms with Crippen LogP contribution in [0, 0.1) is 13.8 Å². The second-order valence-electron chi connectivity index (χ2n) is 6.25. The number of anilines is 1. The lowest BCUT2D eigenvalue weighted by Crippen LogP contribution is -2.40. The molecule has 5 heteroatoms. The van der Waals surface area contributed by atoms with Gasteiger partial charge in [0, 0.05) is 25.2 Å². The molecule has 1 saturated heterocycles. The second kappa shape index (κ2) is 6.11. The molecular formula is C16H22ClN3S. The van der Waals surface area contributed by atoms with Crippen molar-refractivity contribution in [1.29, 1.82) is 0 Å². The van der Waals surface area contributed by atoms with E-state index < -0.39 is 0 Å². The van der Waals surface area contributed by atoms with Crippen molar-refractivity contribution in [2.75, 3.05) is 18.4 Å². The third-order valence-electron chi connectivity index (χ3n) is 4.29. The minimum Gasteiger partial charge on any atom is -0.358 e. The molecule has 1 aliphatic heterocycles. The van der Waals surface area contributed by atoms with Crippen LogP contribution in [-0.2, 0) is 0 Å². The van der Waals surface area contributed by atoms with Gasteiger partial charge in [-0.3, -0.25) is 4.90 Å². The highest BCUT2D eigenvalue weighted by molar-refractivity contribution is 7.80. The summed E-state index contributed by atoms with van der Waals surface area (Å²) in [5.41, 5.74) is 3.20. The molecule has 1 aromatic rings. The van der Waals surface area contributed by atoms with Gasteiger partial charge in [0.25, 0.3) is 0 Å². The number of nitrogens with zero attached hydrogens (tertiary/aromatic N) is 1. The summed E-state index contributed by atoms with van der Waals surface area (Å²) < 4.78 is 0. The molecule has 3 nitrogen and oxygen atoms in total. The Hall–Kier alpha value is -0.840. The molecule has 2 fully saturated rings. The Bertz CT molecular complexity index is 533. The molecule has 114 valence electrons. The van der Waals surface area contributed by atoms with Crippen molar-refractivity contribution in [3.05, 3.63) is 28.3 Å². The molecule has 1 aromatic carbocycles. The van der Waals surface area contributed by atoms with Crippen LogP contribution in [0.3, 0.4) is 0 Å². The van der Waals surface area contributed by atoms with Gasteiger partial charge in [-0.05, 0) is 62.5 Å². The summed E-state index contributed by atoms with van der Waals surface area (Å²) >= 11 is 11.8. The summed E-state index contributed by atoms with van der Waals surface area (Å²) in [6, 6.07) is 5.37. The molecule has 0 bridgehead atoms. The van der Waals surface area contributed by atoms with Gasteiger partial charge in [0.2, 0.25) is 0 Å². The molecule has 3 rings (SSSR count). The summed E-state index contributed by atoms with van der Waals surface area (Å²) in [7, 11) is 0. The summed E-state index contributed by atoms with van der Waals surface area (Å²) in [6.07, 6.45) is 3.90. The van der Waals surface area contributed by atoms with Gasteiger partial charge in [0.05, 0.1) is 10.7 Å². The van der Waals surface area contributed by atoms with E-state index in [0.29, 0.717) is 11.2 Å². The lowest BCUT2D eigenvalue weighted by molar-refractivity contribution is 0.322. The average molecular weight is 324 g/mol. The van der Waals surface area contributed by atoms with Crippen LogP contribution in [0.5, 0.6) is 0 Å². The number of rotatable bonds is 3. The summed E-state index contributed by atoms with van der Waals surface area (Å²) in [6.45, 7) is 6.39. The van der Waals surface area contributed by atoms with Gasteiger partial charge in [-0.15, -0.1) is 0 Å². The Kier molecular flexibility index (Phi) is 4.38. The maximum atomic E-state index is 6.31. The number of likely N-dealkylation sites (tertiary alicyclic amines) is 1. The molecule has 0 aromatic heterocycles. The first-order valence-electron chi connectivity index (χ1n) is 7.61. The first kappa shape index (κ1) is 15.1. The zero-order chi connectivity index (χ0) is 15.0. The van der Waals surface area contributed by atoms with Gasteiger partial charge in [-0.25, -0.2) is 0 Å². The van der Waals surface area contributed by atoms with E-state index >= 15 is 0 Å². The normalized spacial score (nSPS) is 22.3. The predicted octanol–water partition coefficient (Wildman–Crippen LogP) is 3.48. The minimum atomic E-state index is 0.454. The largest absolute Gasteiger partial charge is 0.358 e. The quantitative estimate of drug-likeness (QED) is 0.833. The lowest BCUT2D eigenvalue weighted by Gasteiger charge is -2.19. The van der Waals surface area contributed by atoms with Crippen LogP contribution in [0.4, 0.5) is 5.69 Å². The summed E-state index contributed by atoms with van der Waals surface area (Å²) in [4.78, 5) is 2.57. The fourth-order valence-electron chi connectivity index (χ4n) is 3.09. The third-order valence-corrected chi connectivity index (χ3v) is 4.81. The van der Waals surface area contributed by atoms with Crippen molar-refractivity contribution in [2.24, 2.45) is 0 Å². The smallest absolute Gasteiger partial charge is 0.171 e. The zero-order valence-electron chi connectivity index (χ0n) is 12.6. The van der Waals surface area contributed by atoms with Crippen molar-refractivity contribution in [3.8, 4) is 0 Å². The van der Waals surface area contributed by atoms with Crippen LogP contribution < -0.4 is 10.6 Å². The maximum Gasteiger partial charge on any atom is 0.171 e. The predicted molar refractivity (Wildman–Crippen MR) is 93.3 cm³/mol. The number of nitrogens with one attached hydrogen (secondary N) is 2. The fraction of sp³-hybridized carbons (Fsp3) is 0.562. The number of hydrogen-bond donors (Lipinski definition) is 2. The zero-order valence-corrected chi connectivity index (χ0v) is 14.2. The molecule has 21 heavy (non-hydrogen) atoms. The Labute approximate surface area is 137 Å². The van der Waals surface area contributed by atoms with E-state index in [9.17, 15) is 0 Å². The summed E-state index contributed by atoms with van der Waals surface area (Å²) in [5.74, 6) is 0. The minimum absolute atomic E-state index is 0.454. The second-order valence-corrected chi connectivity index (χ2v) is 7.06. The third kappa shape index (κ3) is 3.68. The highest BCUT2D eigenvalue weighted by atomic mass is 35.5. The van der Waals surface area contributed by atoms with Crippen LogP contribution in [0.25, 0.3) is 0 Å². The van der Waals surface area contributed by atoms with Crippen LogP contribution in [0.1, 0.15) is 30.4 Å². The van der Waals surface area contributed by atoms with E-state index in [-0.39, 0.29) is 0 Å². The van der Waals surface area contributed by atoms with Gasteiger partial charge < -0.3 is 10.6 Å². The van der Waals surface area contributed by atoms with E-state index in [1.165, 1.54) is 25.8 Å². The van der Waals surface area contributed by atoms with Crippen molar-refractivity contribution < 1.29 is 0 Å². The first-order chi connectivity index (χ1) is 10.0. The Morgan fingerprint density at radius 3 is 2.71 bits per heavy atom. The van der Waals surface area contributed by atoms with Gasteiger partial charge in [0.15, 0.2) is 5.11 Å². The lowest BCUT2D eigenvalue weighted by atomic mass is 10.1. The van der Waals surface area contributed by atoms with Crippen LogP contribution in [-0.4, -0.2) is 35.2 Å². The number of halogens is 1. The topological polar surface area (TPSA) is 27.3 Å². The van der Waals surface area contributed by atoms with Gasteiger partial charge >= 0.3 is 0 Å². The van der Waals surface area contributed by atoms with Gasteiger partial charge in [-0.1, -0.05) is 17.7 Å². The van der Waals surface area contributed by atoms with Gasteiger partial charge in [-0.2, -0.15) is 0 Å². The highest BCUT2D eigenvalue weighted by Gasteiger charge is 2.34. The first-order valence-corrected chi connectivity index (χ1v) is 8.40. The Balaban J connectivity index is 1.57. The van der Waals surface area contributed by atoms with Crippen LogP contribution in [0.2, 0.25) is 5.02 Å². The Morgan fingerprint density at radius 1 is 1.29 bits per heavy atom. The fourth-order valence-corrected chi connectivity index (χ4v) is 3.72. The van der Waals surface area contributed by atoms with Crippen molar-refractivity contribution in [2.45, 2.75) is 45.2 Å². The van der Waals surface area contributed by atoms with Gasteiger partial charge in [0.1, 0.15) is 0 Å². The summed E-state index contributed by atoms with van der Waals surface area (Å²) in [5, 5.41) is 8.09. The standard InChI is InChI=1S/C16H22ClN3S/c1-10-7-11(2)15(14(17)8-10)19-16(21)18-12-5-6-20(9-12)13-3-4-13/h7-8,12-13H,3-6,9H2,1-2H3,(H2,18,19,21)/t12-/m1/s1. The molecule has 1 aliphatic carbocycles. The molecule has 0 unspecified atom stereocenters. The Morgan fingerprint density at radius 2 is 2.05 bits per heavy atom. The SMILES string of the molecule is Cc1cc(C)c(NC(=S)N[C@@H]2CCN(C3CC3)C2)c(Cl)c1. The molecule has 0 radical (unpaired) electrons. The monoisotopic (exact) mass is 323 g/mol. The molecule has 2 N–H and O–H groups in total. The number of aryl methyl sites for hydroxylation is 2. The molecule has 1 heterocycles. The van der Waals surface area contributed by atoms with E-state index in [0.717, 1.165) is 34.4 Å². The number of hydrogen-bond acceptors (Lipinski definition) is 2. The van der Waals surface area contributed by atoms with Crippen molar-refractivity contribution in [1.82, 2.24) is 10.2 Å². The number of benzene rings is 1. The average Bonchev–Trinajstić information content (AvgIpc) is 3.15. The molecule has 1 atom stereocenters. The van der Waals surface area contributed by atoms with Crippen molar-refractivity contribution in [3.63, 3.8) is 0 Å². The molecular weight excluding hydrogens is 302 g/mol. The van der Waals surface area contributed by atoms with E-state index in [4.69, 9.17) is 23.8 Å². The van der Waals surface area contributed by atoms with Crippen LogP contribution in [0.15, 0.2) is 12.1 Å². The van der Waals surface area contributed by atoms with E-state index in [2.05, 4.69) is 21.6 Å². The molecule has 0 spiro atoms. The highest BCUT2D eigenvalue weighted by Crippen LogP contribution is 2.30. The van der Waals surface area contributed by atoms with E-state index in [1.54, 1.807) is 0 Å². The maximum absolute atomic E-state index is 6.31. The van der Waals surface area contributed by atoms with Crippen molar-refractivity contribution >= 4 is 34.6 Å². The number of thiocarbonyl (C=S) groups is 1. The molecule has 0 amide bonds.